The van der Waals surface area contributed by atoms with Crippen LogP contribution < -0.4 is 5.32 Å². The standard InChI is InChI=1S/C11H24N4O2S/c1-13-5-7-14(8-6-13)9-10-15-4-2-12-3-11-18(15,16)17/h12H,2-11H2,1H3. The fourth-order valence-electron chi connectivity index (χ4n) is 2.37. The molecule has 0 atom stereocenters. The molecule has 0 aliphatic carbocycles. The molecule has 18 heavy (non-hydrogen) atoms. The lowest BCUT2D eigenvalue weighted by Gasteiger charge is -2.33. The molecule has 0 unspecified atom stereocenters. The Morgan fingerprint density at radius 1 is 1.00 bits per heavy atom. The normalized spacial score (nSPS) is 28.1. The van der Waals surface area contributed by atoms with Crippen molar-refractivity contribution in [2.75, 3.05) is 71.7 Å². The molecule has 0 aromatic carbocycles. The van der Waals surface area contributed by atoms with Crippen molar-refractivity contribution >= 4 is 10.0 Å². The second-order valence-corrected chi connectivity index (χ2v) is 7.20. The van der Waals surface area contributed by atoms with E-state index in [2.05, 4.69) is 22.2 Å². The van der Waals surface area contributed by atoms with E-state index in [-0.39, 0.29) is 5.75 Å². The lowest BCUT2D eigenvalue weighted by Crippen LogP contribution is -2.48. The highest BCUT2D eigenvalue weighted by atomic mass is 32.2. The third-order valence-corrected chi connectivity index (χ3v) is 5.60. The van der Waals surface area contributed by atoms with Gasteiger partial charge in [0.05, 0.1) is 5.75 Å². The van der Waals surface area contributed by atoms with Gasteiger partial charge in [-0.15, -0.1) is 0 Å². The van der Waals surface area contributed by atoms with Crippen LogP contribution in [0.4, 0.5) is 0 Å². The molecule has 2 aliphatic rings. The van der Waals surface area contributed by atoms with Crippen LogP contribution in [0.2, 0.25) is 0 Å². The van der Waals surface area contributed by atoms with E-state index in [1.54, 1.807) is 4.31 Å². The van der Waals surface area contributed by atoms with E-state index in [0.29, 0.717) is 19.6 Å². The summed E-state index contributed by atoms with van der Waals surface area (Å²) in [6.07, 6.45) is 0. The Balaban J connectivity index is 1.81. The summed E-state index contributed by atoms with van der Waals surface area (Å²) in [4.78, 5) is 4.66. The first-order valence-corrected chi connectivity index (χ1v) is 8.28. The zero-order valence-electron chi connectivity index (χ0n) is 11.1. The molecule has 0 amide bonds. The third kappa shape index (κ3) is 3.89. The zero-order chi connectivity index (χ0) is 13.0. The number of rotatable bonds is 3. The summed E-state index contributed by atoms with van der Waals surface area (Å²) in [6, 6.07) is 0. The first kappa shape index (κ1) is 14.2. The van der Waals surface area contributed by atoms with Gasteiger partial charge in [0.2, 0.25) is 10.0 Å². The predicted molar refractivity (Wildman–Crippen MR) is 72.2 cm³/mol. The average Bonchev–Trinajstić information content (AvgIpc) is 2.50. The Bertz CT molecular complexity index is 352. The van der Waals surface area contributed by atoms with Gasteiger partial charge in [-0.25, -0.2) is 8.42 Å². The van der Waals surface area contributed by atoms with Crippen LogP contribution in [0.1, 0.15) is 0 Å². The Kier molecular flexibility index (Phi) is 4.97. The van der Waals surface area contributed by atoms with E-state index in [1.165, 1.54) is 0 Å². The number of hydrogen-bond acceptors (Lipinski definition) is 5. The average molecular weight is 276 g/mol. The first-order chi connectivity index (χ1) is 8.58. The van der Waals surface area contributed by atoms with Crippen LogP contribution >= 0.6 is 0 Å². The molecular weight excluding hydrogens is 252 g/mol. The van der Waals surface area contributed by atoms with Crippen molar-refractivity contribution in [3.8, 4) is 0 Å². The molecule has 2 heterocycles. The van der Waals surface area contributed by atoms with Crippen LogP contribution in [0, 0.1) is 0 Å². The van der Waals surface area contributed by atoms with Gasteiger partial charge in [-0.1, -0.05) is 0 Å². The number of nitrogens with one attached hydrogen (secondary N) is 1. The summed E-state index contributed by atoms with van der Waals surface area (Å²) in [5, 5.41) is 3.14. The van der Waals surface area contributed by atoms with Crippen LogP contribution in [0.3, 0.4) is 0 Å². The summed E-state index contributed by atoms with van der Waals surface area (Å²) in [5.41, 5.74) is 0. The number of likely N-dealkylation sites (N-methyl/N-ethyl adjacent to an activating group) is 1. The molecule has 106 valence electrons. The monoisotopic (exact) mass is 276 g/mol. The quantitative estimate of drug-likeness (QED) is 0.678. The molecule has 2 saturated heterocycles. The Morgan fingerprint density at radius 2 is 1.72 bits per heavy atom. The molecule has 7 heteroatoms. The lowest BCUT2D eigenvalue weighted by atomic mass is 10.3. The lowest BCUT2D eigenvalue weighted by molar-refractivity contribution is 0.148. The summed E-state index contributed by atoms with van der Waals surface area (Å²) in [5.74, 6) is 0.232. The predicted octanol–water partition coefficient (Wildman–Crippen LogP) is -1.53. The van der Waals surface area contributed by atoms with Crippen LogP contribution in [-0.2, 0) is 10.0 Å². The fraction of sp³-hybridized carbons (Fsp3) is 1.00. The van der Waals surface area contributed by atoms with E-state index < -0.39 is 10.0 Å². The van der Waals surface area contributed by atoms with Gasteiger partial charge < -0.3 is 10.2 Å². The molecule has 0 radical (unpaired) electrons. The molecule has 0 aromatic rings. The van der Waals surface area contributed by atoms with Gasteiger partial charge in [0, 0.05) is 58.9 Å². The third-order valence-electron chi connectivity index (χ3n) is 3.73. The number of sulfonamides is 1. The van der Waals surface area contributed by atoms with E-state index in [1.807, 2.05) is 0 Å². The SMILES string of the molecule is CN1CCN(CCN2CCNCCS2(=O)=O)CC1. The molecule has 2 fully saturated rings. The minimum absolute atomic E-state index is 0.232. The maximum atomic E-state index is 12.0. The Labute approximate surface area is 110 Å². The molecule has 2 aliphatic heterocycles. The maximum Gasteiger partial charge on any atom is 0.215 e. The second kappa shape index (κ2) is 6.29. The van der Waals surface area contributed by atoms with Gasteiger partial charge in [-0.05, 0) is 7.05 Å². The summed E-state index contributed by atoms with van der Waals surface area (Å²) >= 11 is 0. The van der Waals surface area contributed by atoms with Crippen molar-refractivity contribution in [2.24, 2.45) is 0 Å². The molecule has 2 rings (SSSR count). The molecule has 0 bridgehead atoms. The molecule has 1 N–H and O–H groups in total. The molecule has 0 spiro atoms. The van der Waals surface area contributed by atoms with Crippen molar-refractivity contribution in [3.05, 3.63) is 0 Å². The Hall–Kier alpha value is -0.210. The molecular formula is C11H24N4O2S. The topological polar surface area (TPSA) is 55.9 Å². The summed E-state index contributed by atoms with van der Waals surface area (Å²) < 4.78 is 25.6. The zero-order valence-corrected chi connectivity index (χ0v) is 12.0. The minimum Gasteiger partial charge on any atom is -0.314 e. The second-order valence-electron chi connectivity index (χ2n) is 5.11. The highest BCUT2D eigenvalue weighted by Crippen LogP contribution is 2.05. The maximum absolute atomic E-state index is 12.0. The minimum atomic E-state index is -3.04. The number of piperazine rings is 1. The largest absolute Gasteiger partial charge is 0.314 e. The number of hydrogen-bond donors (Lipinski definition) is 1. The van der Waals surface area contributed by atoms with Crippen LogP contribution in [0.25, 0.3) is 0 Å². The van der Waals surface area contributed by atoms with Crippen molar-refractivity contribution < 1.29 is 8.42 Å². The summed E-state index contributed by atoms with van der Waals surface area (Å²) in [6.45, 7) is 7.68. The van der Waals surface area contributed by atoms with Crippen molar-refractivity contribution in [3.63, 3.8) is 0 Å². The van der Waals surface area contributed by atoms with E-state index >= 15 is 0 Å². The molecule has 0 aromatic heterocycles. The van der Waals surface area contributed by atoms with Crippen molar-refractivity contribution in [1.82, 2.24) is 19.4 Å². The van der Waals surface area contributed by atoms with Gasteiger partial charge in [-0.2, -0.15) is 4.31 Å². The van der Waals surface area contributed by atoms with Gasteiger partial charge in [0.15, 0.2) is 0 Å². The van der Waals surface area contributed by atoms with Gasteiger partial charge in [0.25, 0.3) is 0 Å². The van der Waals surface area contributed by atoms with Gasteiger partial charge >= 0.3 is 0 Å². The highest BCUT2D eigenvalue weighted by molar-refractivity contribution is 7.89. The van der Waals surface area contributed by atoms with Gasteiger partial charge in [-0.3, -0.25) is 4.90 Å². The fourth-order valence-corrected chi connectivity index (χ4v) is 3.76. The van der Waals surface area contributed by atoms with E-state index in [0.717, 1.165) is 39.3 Å². The first-order valence-electron chi connectivity index (χ1n) is 6.67. The van der Waals surface area contributed by atoms with Crippen molar-refractivity contribution in [2.45, 2.75) is 0 Å². The van der Waals surface area contributed by atoms with Gasteiger partial charge in [0.1, 0.15) is 0 Å². The summed E-state index contributed by atoms with van der Waals surface area (Å²) in [7, 11) is -0.911. The van der Waals surface area contributed by atoms with Crippen LogP contribution in [0.5, 0.6) is 0 Å². The van der Waals surface area contributed by atoms with Crippen LogP contribution in [0.15, 0.2) is 0 Å². The van der Waals surface area contributed by atoms with E-state index in [4.69, 9.17) is 0 Å². The molecule has 6 nitrogen and oxygen atoms in total. The smallest absolute Gasteiger partial charge is 0.215 e. The van der Waals surface area contributed by atoms with Crippen molar-refractivity contribution in [1.29, 1.82) is 0 Å². The Morgan fingerprint density at radius 3 is 2.44 bits per heavy atom. The van der Waals surface area contributed by atoms with Crippen LogP contribution in [-0.4, -0.2) is 94.2 Å². The molecule has 0 saturated carbocycles. The highest BCUT2D eigenvalue weighted by Gasteiger charge is 2.24. The van der Waals surface area contributed by atoms with E-state index in [9.17, 15) is 8.42 Å². The number of nitrogens with zero attached hydrogens (tertiary/aromatic N) is 3.